The first-order valence-corrected chi connectivity index (χ1v) is 15.5. The third-order valence-corrected chi connectivity index (χ3v) is 9.50. The number of benzene rings is 1. The number of alkyl carbamates (subject to hydrolysis) is 1. The van der Waals surface area contributed by atoms with Crippen LogP contribution in [0.4, 0.5) is 4.79 Å². The van der Waals surface area contributed by atoms with Crippen molar-refractivity contribution in [2.24, 2.45) is 11.7 Å². The Hall–Kier alpha value is -2.02. The minimum absolute atomic E-state index is 0.0461. The Morgan fingerprint density at radius 1 is 1.18 bits per heavy atom. The van der Waals surface area contributed by atoms with Crippen LogP contribution in [-0.2, 0) is 29.1 Å². The predicted octanol–water partition coefficient (Wildman–Crippen LogP) is 3.99. The van der Waals surface area contributed by atoms with E-state index in [9.17, 15) is 13.2 Å². The summed E-state index contributed by atoms with van der Waals surface area (Å²) < 4.78 is 53.3. The van der Waals surface area contributed by atoms with Crippen LogP contribution in [0.2, 0.25) is 0 Å². The zero-order valence-corrected chi connectivity index (χ0v) is 24.7. The molecule has 4 N–H and O–H groups in total. The van der Waals surface area contributed by atoms with Crippen LogP contribution >= 0.6 is 0 Å². The fraction of sp³-hybridized carbons (Fsp3) is 0.690. The maximum Gasteiger partial charge on any atom is 0.407 e. The number of carbonyl (C=O) groups excluding carboxylic acids is 1. The van der Waals surface area contributed by atoms with Crippen molar-refractivity contribution in [3.8, 4) is 0 Å². The normalized spacial score (nSPS) is 36.5. The molecule has 1 aromatic carbocycles. The van der Waals surface area contributed by atoms with Crippen molar-refractivity contribution in [3.05, 3.63) is 42.0 Å². The van der Waals surface area contributed by atoms with Crippen molar-refractivity contribution < 1.29 is 36.7 Å². The number of carbonyl (C=O) groups is 1. The van der Waals surface area contributed by atoms with Crippen LogP contribution < -0.4 is 11.1 Å². The monoisotopic (exact) mass is 580 g/mol. The molecule has 1 aromatic rings. The molecule has 6 atom stereocenters. The topological polar surface area (TPSA) is 153 Å². The van der Waals surface area contributed by atoms with Gasteiger partial charge in [-0.05, 0) is 77.8 Å². The number of nitrogens with one attached hydrogen (secondary N) is 1. The molecule has 0 radical (unpaired) electrons. The quantitative estimate of drug-likeness (QED) is 0.247. The summed E-state index contributed by atoms with van der Waals surface area (Å²) in [7, 11) is -2.30. The highest BCUT2D eigenvalue weighted by atomic mass is 32.2. The van der Waals surface area contributed by atoms with E-state index in [1.54, 1.807) is 25.3 Å². The van der Waals surface area contributed by atoms with Gasteiger partial charge in [0.1, 0.15) is 23.4 Å². The number of hydrogen-bond donors (Lipinski definition) is 3. The van der Waals surface area contributed by atoms with Gasteiger partial charge in [-0.15, -0.1) is 0 Å². The molecule has 2 heterocycles. The summed E-state index contributed by atoms with van der Waals surface area (Å²) in [6, 6.07) is 7.82. The Bertz CT molecular complexity index is 1140. The van der Waals surface area contributed by atoms with E-state index in [2.05, 4.69) is 32.2 Å². The Morgan fingerprint density at radius 3 is 2.35 bits per heavy atom. The number of hydrogen-bond acceptors (Lipinski definition) is 8. The maximum absolute atomic E-state index is 12.6. The highest BCUT2D eigenvalue weighted by Crippen LogP contribution is 2.59. The molecule has 10 nitrogen and oxygen atoms in total. The van der Waals surface area contributed by atoms with Crippen molar-refractivity contribution in [1.82, 2.24) is 5.32 Å². The number of nitrogens with two attached hydrogens (primary N) is 1. The maximum atomic E-state index is 12.6. The SMILES string of the molecule is CO[C@@H]1[C@H](OC(=O)N[C@H]2CC[C@H](N)CC2)CC[C@]2(CO2)[C@H]1[C@@]1(C)O[C@@H]1CC=C(C)C.O=S(=O)(O)c1ccccc1. The lowest BCUT2D eigenvalue weighted by Crippen LogP contribution is -2.56. The molecule has 4 aliphatic rings. The molecule has 0 bridgehead atoms. The van der Waals surface area contributed by atoms with Gasteiger partial charge < -0.3 is 30.0 Å². The van der Waals surface area contributed by atoms with Crippen molar-refractivity contribution >= 4 is 16.2 Å². The van der Waals surface area contributed by atoms with E-state index < -0.39 is 10.1 Å². The van der Waals surface area contributed by atoms with Gasteiger partial charge in [-0.25, -0.2) is 4.79 Å². The Morgan fingerprint density at radius 2 is 1.82 bits per heavy atom. The lowest BCUT2D eigenvalue weighted by atomic mass is 9.68. The molecule has 0 aromatic heterocycles. The standard InChI is InChI=1S/C23H38N2O5.C6H6O3S/c1-14(2)5-10-18-22(3,30-18)20-19(27-4)17(11-12-23(20)13-28-23)29-21(26)25-16-8-6-15(24)7-9-16;7-10(8,9)6-4-2-1-3-5-6/h5,15-20H,6-13,24H2,1-4H3,(H,25,26);1-5H,(H,7,8,9)/t15-,16-,17-,18-,19-,20-,22+,23+;/m1./s1. The molecule has 2 aliphatic carbocycles. The summed E-state index contributed by atoms with van der Waals surface area (Å²) in [6.45, 7) is 7.09. The largest absolute Gasteiger partial charge is 0.443 e. The van der Waals surface area contributed by atoms with Crippen LogP contribution in [0, 0.1) is 5.92 Å². The zero-order chi connectivity index (χ0) is 29.1. The third-order valence-electron chi connectivity index (χ3n) is 8.63. The summed E-state index contributed by atoms with van der Waals surface area (Å²) in [6.07, 6.45) is 7.68. The lowest BCUT2D eigenvalue weighted by Gasteiger charge is -2.42. The smallest absolute Gasteiger partial charge is 0.407 e. The molecule has 11 heteroatoms. The highest BCUT2D eigenvalue weighted by Gasteiger charge is 2.72. The summed E-state index contributed by atoms with van der Waals surface area (Å²) in [5, 5.41) is 3.04. The summed E-state index contributed by atoms with van der Waals surface area (Å²) in [5.41, 5.74) is 6.74. The minimum atomic E-state index is -4.00. The van der Waals surface area contributed by atoms with E-state index in [0.29, 0.717) is 0 Å². The predicted molar refractivity (Wildman–Crippen MR) is 149 cm³/mol. The number of rotatable bonds is 7. The number of epoxide rings is 2. The van der Waals surface area contributed by atoms with Gasteiger partial charge in [-0.2, -0.15) is 8.42 Å². The van der Waals surface area contributed by atoms with E-state index >= 15 is 0 Å². The van der Waals surface area contributed by atoms with Gasteiger partial charge in [-0.1, -0.05) is 29.8 Å². The fourth-order valence-electron chi connectivity index (χ4n) is 6.26. The number of allylic oxidation sites excluding steroid dienone is 1. The van der Waals surface area contributed by atoms with Crippen LogP contribution in [0.25, 0.3) is 0 Å². The molecule has 1 spiro atoms. The van der Waals surface area contributed by atoms with E-state index in [1.807, 2.05) is 0 Å². The number of amides is 1. The van der Waals surface area contributed by atoms with Crippen molar-refractivity contribution in [2.45, 2.75) is 112 Å². The van der Waals surface area contributed by atoms with E-state index in [0.717, 1.165) is 51.6 Å². The van der Waals surface area contributed by atoms with Gasteiger partial charge >= 0.3 is 6.09 Å². The van der Waals surface area contributed by atoms with Crippen LogP contribution in [-0.4, -0.2) is 74.4 Å². The fourth-order valence-corrected chi connectivity index (χ4v) is 6.77. The average molecular weight is 581 g/mol. The number of ether oxygens (including phenoxy) is 4. The molecule has 0 unspecified atom stereocenters. The average Bonchev–Trinajstić information content (AvgIpc) is 3.82. The molecule has 4 fully saturated rings. The summed E-state index contributed by atoms with van der Waals surface area (Å²) in [5.74, 6) is 0.0461. The lowest BCUT2D eigenvalue weighted by molar-refractivity contribution is -0.118. The second-order valence-corrected chi connectivity index (χ2v) is 13.3. The first-order chi connectivity index (χ1) is 18.9. The summed E-state index contributed by atoms with van der Waals surface area (Å²) in [4.78, 5) is 12.5. The zero-order valence-electron chi connectivity index (χ0n) is 23.9. The molecule has 40 heavy (non-hydrogen) atoms. The van der Waals surface area contributed by atoms with Gasteiger partial charge in [0.15, 0.2) is 0 Å². The minimum Gasteiger partial charge on any atom is -0.443 e. The van der Waals surface area contributed by atoms with Gasteiger partial charge in [0.25, 0.3) is 10.1 Å². The molecular formula is C29H44N2O8S. The molecule has 2 aliphatic heterocycles. The first kappa shape index (κ1) is 30.9. The third kappa shape index (κ3) is 7.43. The van der Waals surface area contributed by atoms with Gasteiger partial charge in [0.2, 0.25) is 0 Å². The molecule has 224 valence electrons. The van der Waals surface area contributed by atoms with Gasteiger partial charge in [0, 0.05) is 19.2 Å². The Labute approximate surface area is 237 Å². The van der Waals surface area contributed by atoms with Gasteiger partial charge in [-0.3, -0.25) is 4.55 Å². The Kier molecular flexibility index (Phi) is 9.64. The van der Waals surface area contributed by atoms with Crippen molar-refractivity contribution in [2.75, 3.05) is 13.7 Å². The van der Waals surface area contributed by atoms with E-state index in [1.165, 1.54) is 17.7 Å². The second kappa shape index (κ2) is 12.5. The van der Waals surface area contributed by atoms with Crippen LogP contribution in [0.5, 0.6) is 0 Å². The van der Waals surface area contributed by atoms with Gasteiger partial charge in [0.05, 0.1) is 23.5 Å². The molecule has 5 rings (SSSR count). The summed E-state index contributed by atoms with van der Waals surface area (Å²) >= 11 is 0. The van der Waals surface area contributed by atoms with Crippen LogP contribution in [0.15, 0.2) is 46.9 Å². The Balaban J connectivity index is 0.000000312. The van der Waals surface area contributed by atoms with Crippen LogP contribution in [0.1, 0.15) is 65.7 Å². The van der Waals surface area contributed by atoms with E-state index in [-0.39, 0.29) is 58.5 Å². The first-order valence-electron chi connectivity index (χ1n) is 14.1. The van der Waals surface area contributed by atoms with Crippen molar-refractivity contribution in [1.29, 1.82) is 0 Å². The number of methoxy groups -OCH3 is 1. The molecule has 2 saturated carbocycles. The molecule has 2 saturated heterocycles. The van der Waals surface area contributed by atoms with Crippen LogP contribution in [0.3, 0.4) is 0 Å². The van der Waals surface area contributed by atoms with Crippen molar-refractivity contribution in [3.63, 3.8) is 0 Å². The molecule has 1 amide bonds. The second-order valence-electron chi connectivity index (χ2n) is 11.9. The highest BCUT2D eigenvalue weighted by molar-refractivity contribution is 7.85. The molecular weight excluding hydrogens is 536 g/mol. The van der Waals surface area contributed by atoms with E-state index in [4.69, 9.17) is 29.2 Å².